The Labute approximate surface area is 204 Å². The van der Waals surface area contributed by atoms with Gasteiger partial charge >= 0.3 is 0 Å². The summed E-state index contributed by atoms with van der Waals surface area (Å²) in [5.41, 5.74) is 3.68. The van der Waals surface area contributed by atoms with Crippen LogP contribution in [-0.4, -0.2) is 22.5 Å². The van der Waals surface area contributed by atoms with Gasteiger partial charge in [0.05, 0.1) is 6.54 Å². The third kappa shape index (κ3) is 3.91. The summed E-state index contributed by atoms with van der Waals surface area (Å²) in [5, 5.41) is 11.9. The first-order valence-electron chi connectivity index (χ1n) is 11.5. The van der Waals surface area contributed by atoms with Crippen molar-refractivity contribution in [3.05, 3.63) is 131 Å². The molecule has 0 radical (unpaired) electrons. The number of ketones is 1. The standard InChI is InChI=1S/C30H25N3O2/c1-21(34)26-17-8-9-18-27(26)23-12-10-11-22(19-23)20-33-28(35)30(32-29(33)31,24-13-4-2-5-14-24)25-15-6-3-7-16-25/h2-19H,20H2,1H3,(H2,31,32). The van der Waals surface area contributed by atoms with Crippen molar-refractivity contribution >= 4 is 17.6 Å². The molecule has 2 N–H and O–H groups in total. The van der Waals surface area contributed by atoms with Gasteiger partial charge in [-0.15, -0.1) is 0 Å². The van der Waals surface area contributed by atoms with Gasteiger partial charge in [-0.3, -0.25) is 19.9 Å². The molecule has 4 aromatic carbocycles. The number of hydrogen-bond donors (Lipinski definition) is 2. The minimum absolute atomic E-state index is 0.00204. The predicted molar refractivity (Wildman–Crippen MR) is 137 cm³/mol. The van der Waals surface area contributed by atoms with Crippen LogP contribution < -0.4 is 5.32 Å². The van der Waals surface area contributed by atoms with Crippen molar-refractivity contribution < 1.29 is 9.59 Å². The molecule has 5 nitrogen and oxygen atoms in total. The molecule has 0 bridgehead atoms. The summed E-state index contributed by atoms with van der Waals surface area (Å²) < 4.78 is 0. The molecule has 4 aromatic rings. The average Bonchev–Trinajstić information content (AvgIpc) is 3.15. The second-order valence-corrected chi connectivity index (χ2v) is 8.65. The van der Waals surface area contributed by atoms with E-state index in [0.717, 1.165) is 27.8 Å². The molecule has 1 saturated heterocycles. The molecule has 1 fully saturated rings. The van der Waals surface area contributed by atoms with E-state index in [-0.39, 0.29) is 24.2 Å². The van der Waals surface area contributed by atoms with Gasteiger partial charge in [0.1, 0.15) is 0 Å². The lowest BCUT2D eigenvalue weighted by molar-refractivity contribution is -0.130. The summed E-state index contributed by atoms with van der Waals surface area (Å²) in [6, 6.07) is 34.4. The normalized spacial score (nSPS) is 14.6. The van der Waals surface area contributed by atoms with Crippen LogP contribution in [0.5, 0.6) is 0 Å². The van der Waals surface area contributed by atoms with E-state index in [1.807, 2.05) is 109 Å². The summed E-state index contributed by atoms with van der Waals surface area (Å²) in [6.45, 7) is 1.80. The Morgan fingerprint density at radius 1 is 0.829 bits per heavy atom. The highest BCUT2D eigenvalue weighted by molar-refractivity contribution is 6.10. The summed E-state index contributed by atoms with van der Waals surface area (Å²) in [7, 11) is 0. The highest BCUT2D eigenvalue weighted by atomic mass is 16.2. The minimum atomic E-state index is -1.17. The zero-order chi connectivity index (χ0) is 24.4. The Balaban J connectivity index is 1.52. The molecule has 0 aromatic heterocycles. The molecule has 0 aliphatic carbocycles. The third-order valence-corrected chi connectivity index (χ3v) is 6.44. The van der Waals surface area contributed by atoms with Crippen LogP contribution in [0.25, 0.3) is 11.1 Å². The van der Waals surface area contributed by atoms with Crippen LogP contribution in [0.2, 0.25) is 0 Å². The number of Topliss-reactive ketones (excluding diaryl/α,β-unsaturated/α-hetero) is 1. The maximum Gasteiger partial charge on any atom is 0.264 e. The number of rotatable bonds is 6. The first kappa shape index (κ1) is 22.3. The third-order valence-electron chi connectivity index (χ3n) is 6.44. The first-order chi connectivity index (χ1) is 17.0. The number of carbonyl (C=O) groups is 2. The smallest absolute Gasteiger partial charge is 0.264 e. The van der Waals surface area contributed by atoms with Gasteiger partial charge in [0.15, 0.2) is 17.3 Å². The number of nitrogens with one attached hydrogen (secondary N) is 2. The maximum absolute atomic E-state index is 14.0. The maximum atomic E-state index is 14.0. The van der Waals surface area contributed by atoms with Crippen molar-refractivity contribution in [2.45, 2.75) is 19.0 Å². The van der Waals surface area contributed by atoms with Gasteiger partial charge in [0, 0.05) is 5.56 Å². The number of hydrogen-bond acceptors (Lipinski definition) is 3. The molecule has 1 aliphatic heterocycles. The van der Waals surface area contributed by atoms with Crippen molar-refractivity contribution in [1.29, 1.82) is 5.41 Å². The Morgan fingerprint density at radius 3 is 2.06 bits per heavy atom. The zero-order valence-electron chi connectivity index (χ0n) is 19.4. The lowest BCUT2D eigenvalue weighted by atomic mass is 9.82. The molecule has 35 heavy (non-hydrogen) atoms. The average molecular weight is 460 g/mol. The molecule has 0 spiro atoms. The van der Waals surface area contributed by atoms with Crippen LogP contribution in [0.4, 0.5) is 0 Å². The molecule has 5 heteroatoms. The first-order valence-corrected chi connectivity index (χ1v) is 11.5. The fraction of sp³-hybridized carbons (Fsp3) is 0.100. The van der Waals surface area contributed by atoms with Crippen molar-refractivity contribution in [3.63, 3.8) is 0 Å². The molecular weight excluding hydrogens is 434 g/mol. The van der Waals surface area contributed by atoms with Crippen molar-refractivity contribution in [2.24, 2.45) is 0 Å². The van der Waals surface area contributed by atoms with Gasteiger partial charge < -0.3 is 5.32 Å². The number of benzene rings is 4. The molecule has 1 aliphatic rings. The Morgan fingerprint density at radius 2 is 1.43 bits per heavy atom. The molecule has 172 valence electrons. The van der Waals surface area contributed by atoms with Gasteiger partial charge in [-0.1, -0.05) is 103 Å². The fourth-order valence-corrected chi connectivity index (χ4v) is 4.75. The van der Waals surface area contributed by atoms with E-state index in [1.165, 1.54) is 4.90 Å². The van der Waals surface area contributed by atoms with Gasteiger partial charge in [0.25, 0.3) is 5.91 Å². The Kier molecular flexibility index (Phi) is 5.75. The Bertz CT molecular complexity index is 1370. The number of guanidine groups is 1. The number of carbonyl (C=O) groups excluding carboxylic acids is 2. The van der Waals surface area contributed by atoms with Crippen molar-refractivity contribution in [1.82, 2.24) is 10.2 Å². The zero-order valence-corrected chi connectivity index (χ0v) is 19.4. The van der Waals surface area contributed by atoms with Crippen LogP contribution in [0.15, 0.2) is 109 Å². The molecule has 1 amide bonds. The van der Waals surface area contributed by atoms with Crippen molar-refractivity contribution in [2.75, 3.05) is 0 Å². The summed E-state index contributed by atoms with van der Waals surface area (Å²) >= 11 is 0. The van der Waals surface area contributed by atoms with Crippen LogP contribution in [0.1, 0.15) is 34.0 Å². The Hall–Kier alpha value is -4.51. The summed E-state index contributed by atoms with van der Waals surface area (Å²) in [4.78, 5) is 27.6. The molecular formula is C30H25N3O2. The predicted octanol–water partition coefficient (Wildman–Crippen LogP) is 5.37. The largest absolute Gasteiger partial charge is 0.334 e. The quantitative estimate of drug-likeness (QED) is 0.381. The van der Waals surface area contributed by atoms with Crippen LogP contribution in [0.3, 0.4) is 0 Å². The summed E-state index contributed by atoms with van der Waals surface area (Å²) in [5.74, 6) is -0.145. The molecule has 0 atom stereocenters. The van der Waals surface area contributed by atoms with Gasteiger partial charge in [0.2, 0.25) is 0 Å². The van der Waals surface area contributed by atoms with Crippen LogP contribution in [-0.2, 0) is 16.9 Å². The lowest BCUT2D eigenvalue weighted by Gasteiger charge is -2.28. The minimum Gasteiger partial charge on any atom is -0.334 e. The van der Waals surface area contributed by atoms with Gasteiger partial charge in [-0.05, 0) is 40.8 Å². The topological polar surface area (TPSA) is 73.3 Å². The second kappa shape index (κ2) is 9.03. The van der Waals surface area contributed by atoms with Crippen molar-refractivity contribution in [3.8, 4) is 11.1 Å². The SMILES string of the molecule is CC(=O)c1ccccc1-c1cccc(CN2C(=N)NC(c3ccccc3)(c3ccccc3)C2=O)c1. The van der Waals surface area contributed by atoms with E-state index < -0.39 is 5.54 Å². The monoisotopic (exact) mass is 459 g/mol. The van der Waals surface area contributed by atoms with Crippen LogP contribution >= 0.6 is 0 Å². The number of nitrogens with zero attached hydrogens (tertiary/aromatic N) is 1. The van der Waals surface area contributed by atoms with E-state index in [1.54, 1.807) is 6.92 Å². The van der Waals surface area contributed by atoms with E-state index in [9.17, 15) is 9.59 Å². The molecule has 0 unspecified atom stereocenters. The van der Waals surface area contributed by atoms with E-state index >= 15 is 0 Å². The van der Waals surface area contributed by atoms with Crippen LogP contribution in [0, 0.1) is 5.41 Å². The molecule has 1 heterocycles. The lowest BCUT2D eigenvalue weighted by Crippen LogP contribution is -2.45. The van der Waals surface area contributed by atoms with E-state index in [2.05, 4.69) is 5.32 Å². The van der Waals surface area contributed by atoms with E-state index in [4.69, 9.17) is 5.41 Å². The highest BCUT2D eigenvalue weighted by Gasteiger charge is 2.52. The van der Waals surface area contributed by atoms with Gasteiger partial charge in [-0.2, -0.15) is 0 Å². The van der Waals surface area contributed by atoms with E-state index in [0.29, 0.717) is 5.56 Å². The highest BCUT2D eigenvalue weighted by Crippen LogP contribution is 2.36. The number of amides is 1. The second-order valence-electron chi connectivity index (χ2n) is 8.65. The van der Waals surface area contributed by atoms with Gasteiger partial charge in [-0.25, -0.2) is 0 Å². The molecule has 0 saturated carbocycles. The fourth-order valence-electron chi connectivity index (χ4n) is 4.75. The molecule has 5 rings (SSSR count). The summed E-state index contributed by atoms with van der Waals surface area (Å²) in [6.07, 6.45) is 0.